The molecule has 5 nitrogen and oxygen atoms in total. The maximum Gasteiger partial charge on any atom is 0.251 e. The van der Waals surface area contributed by atoms with Gasteiger partial charge < -0.3 is 15.5 Å². The average Bonchev–Trinajstić information content (AvgIpc) is 2.75. The topological polar surface area (TPSA) is 61.4 Å². The first-order valence-corrected chi connectivity index (χ1v) is 11.0. The van der Waals surface area contributed by atoms with E-state index in [1.54, 1.807) is 19.2 Å². The largest absolute Gasteiger partial charge is 0.359 e. The summed E-state index contributed by atoms with van der Waals surface area (Å²) in [6.45, 7) is 3.33. The van der Waals surface area contributed by atoms with Gasteiger partial charge in [-0.15, -0.1) is 0 Å². The van der Waals surface area contributed by atoms with Crippen molar-refractivity contribution in [1.29, 1.82) is 0 Å². The minimum Gasteiger partial charge on any atom is -0.359 e. The summed E-state index contributed by atoms with van der Waals surface area (Å²) in [6.07, 6.45) is 4.30. The van der Waals surface area contributed by atoms with Gasteiger partial charge in [-0.25, -0.2) is 0 Å². The van der Waals surface area contributed by atoms with Gasteiger partial charge in [-0.2, -0.15) is 0 Å². The number of amides is 2. The predicted octanol–water partition coefficient (Wildman–Crippen LogP) is 5.58. The first-order chi connectivity index (χ1) is 14.5. The van der Waals surface area contributed by atoms with Crippen LogP contribution in [0.1, 0.15) is 49.4 Å². The Hall–Kier alpha value is -2.24. The van der Waals surface area contributed by atoms with Gasteiger partial charge in [-0.1, -0.05) is 42.1 Å². The van der Waals surface area contributed by atoms with E-state index in [9.17, 15) is 9.59 Å². The first kappa shape index (κ1) is 24.0. The Balaban J connectivity index is 1.86. The van der Waals surface area contributed by atoms with Crippen molar-refractivity contribution < 1.29 is 9.59 Å². The molecule has 0 spiro atoms. The van der Waals surface area contributed by atoms with Gasteiger partial charge in [0.25, 0.3) is 5.91 Å². The molecule has 0 radical (unpaired) electrons. The quantitative estimate of drug-likeness (QED) is 0.440. The molecule has 2 rings (SSSR count). The number of nitrogens with one attached hydrogen (secondary N) is 2. The molecule has 2 amide bonds. The van der Waals surface area contributed by atoms with E-state index in [1.165, 1.54) is 0 Å². The molecular weight excluding hydrogens is 421 g/mol. The Kier molecular flexibility index (Phi) is 9.98. The number of unbranched alkanes of at least 4 members (excludes halogenated alkanes) is 3. The molecule has 7 heteroatoms. The second-order valence-electron chi connectivity index (χ2n) is 6.95. The summed E-state index contributed by atoms with van der Waals surface area (Å²) in [7, 11) is 1.65. The number of hydrogen-bond donors (Lipinski definition) is 2. The molecule has 162 valence electrons. The highest BCUT2D eigenvalue weighted by atomic mass is 35.5. The minimum atomic E-state index is -0.0919. The smallest absolute Gasteiger partial charge is 0.251 e. The number of anilines is 2. The predicted molar refractivity (Wildman–Crippen MR) is 125 cm³/mol. The van der Waals surface area contributed by atoms with Crippen LogP contribution in [0, 0.1) is 0 Å². The van der Waals surface area contributed by atoms with Crippen molar-refractivity contribution in [1.82, 2.24) is 10.6 Å². The third-order valence-electron chi connectivity index (χ3n) is 4.86. The summed E-state index contributed by atoms with van der Waals surface area (Å²) < 4.78 is 0. The van der Waals surface area contributed by atoms with Gasteiger partial charge in [-0.3, -0.25) is 9.59 Å². The van der Waals surface area contributed by atoms with E-state index in [0.29, 0.717) is 35.1 Å². The highest BCUT2D eigenvalue weighted by Gasteiger charge is 2.15. The van der Waals surface area contributed by atoms with Crippen molar-refractivity contribution in [2.75, 3.05) is 25.0 Å². The molecule has 0 fully saturated rings. The van der Waals surface area contributed by atoms with E-state index in [4.69, 9.17) is 23.2 Å². The lowest BCUT2D eigenvalue weighted by Gasteiger charge is -2.25. The van der Waals surface area contributed by atoms with Crippen molar-refractivity contribution in [2.24, 2.45) is 0 Å². The van der Waals surface area contributed by atoms with E-state index in [1.807, 2.05) is 42.2 Å². The molecule has 2 aromatic rings. The van der Waals surface area contributed by atoms with Gasteiger partial charge in [0.2, 0.25) is 5.91 Å². The molecule has 0 bridgehead atoms. The van der Waals surface area contributed by atoms with Crippen LogP contribution in [-0.2, 0) is 4.79 Å². The number of benzene rings is 2. The number of carbonyl (C=O) groups excluding carboxylic acids is 2. The van der Waals surface area contributed by atoms with Crippen LogP contribution in [0.25, 0.3) is 0 Å². The van der Waals surface area contributed by atoms with Crippen molar-refractivity contribution in [3.05, 3.63) is 58.1 Å². The molecule has 0 saturated carbocycles. The summed E-state index contributed by atoms with van der Waals surface area (Å²) in [5.41, 5.74) is 2.29. The van der Waals surface area contributed by atoms with E-state index < -0.39 is 0 Å². The summed E-state index contributed by atoms with van der Waals surface area (Å²) in [6, 6.07) is 12.9. The van der Waals surface area contributed by atoms with Crippen LogP contribution in [0.15, 0.2) is 42.5 Å². The van der Waals surface area contributed by atoms with Crippen molar-refractivity contribution >= 4 is 46.4 Å². The average molecular weight is 450 g/mol. The van der Waals surface area contributed by atoms with Gasteiger partial charge in [0.1, 0.15) is 0 Å². The fourth-order valence-electron chi connectivity index (χ4n) is 3.20. The third kappa shape index (κ3) is 6.92. The van der Waals surface area contributed by atoms with Crippen molar-refractivity contribution in [3.8, 4) is 0 Å². The number of halogens is 2. The zero-order chi connectivity index (χ0) is 21.9. The Morgan fingerprint density at radius 2 is 1.57 bits per heavy atom. The number of hydrogen-bond acceptors (Lipinski definition) is 3. The summed E-state index contributed by atoms with van der Waals surface area (Å²) in [5, 5.41) is 6.74. The number of rotatable bonds is 11. The van der Waals surface area contributed by atoms with Gasteiger partial charge in [0.05, 0.1) is 15.7 Å². The maximum atomic E-state index is 12.4. The van der Waals surface area contributed by atoms with Crippen LogP contribution in [0.3, 0.4) is 0 Å². The standard InChI is InChI=1S/C23H29Cl2N3O2/c1-3-28(22-19(24)9-8-10-20(22)25)18-14-12-17(13-15-18)23(30)27-16-7-5-4-6-11-21(29)26-2/h8-10,12-15H,3-7,11,16H2,1-2H3,(H,26,29)(H,27,30). The fourth-order valence-corrected chi connectivity index (χ4v) is 3.80. The normalized spacial score (nSPS) is 10.5. The van der Waals surface area contributed by atoms with Crippen LogP contribution < -0.4 is 15.5 Å². The zero-order valence-electron chi connectivity index (χ0n) is 17.5. The van der Waals surface area contributed by atoms with E-state index in [0.717, 1.165) is 37.1 Å². The molecule has 30 heavy (non-hydrogen) atoms. The lowest BCUT2D eigenvalue weighted by atomic mass is 10.1. The number of nitrogens with zero attached hydrogens (tertiary/aromatic N) is 1. The van der Waals surface area contributed by atoms with Crippen LogP contribution in [-0.4, -0.2) is 32.0 Å². The number of carbonyl (C=O) groups is 2. The van der Waals surface area contributed by atoms with Gasteiger partial charge in [-0.05, 0) is 56.2 Å². The molecule has 0 saturated heterocycles. The van der Waals surface area contributed by atoms with Crippen LogP contribution in [0.2, 0.25) is 10.0 Å². The molecule has 0 aliphatic heterocycles. The van der Waals surface area contributed by atoms with Crippen LogP contribution in [0.4, 0.5) is 11.4 Å². The highest BCUT2D eigenvalue weighted by Crippen LogP contribution is 2.37. The van der Waals surface area contributed by atoms with Crippen LogP contribution >= 0.6 is 23.2 Å². The van der Waals surface area contributed by atoms with E-state index in [2.05, 4.69) is 10.6 Å². The SMILES string of the molecule is CCN(c1ccc(C(=O)NCCCCCCC(=O)NC)cc1)c1c(Cl)cccc1Cl. The molecule has 0 unspecified atom stereocenters. The lowest BCUT2D eigenvalue weighted by molar-refractivity contribution is -0.120. The van der Waals surface area contributed by atoms with Crippen molar-refractivity contribution in [2.45, 2.75) is 39.0 Å². The van der Waals surface area contributed by atoms with E-state index >= 15 is 0 Å². The molecule has 0 aromatic heterocycles. The number of para-hydroxylation sites is 1. The molecular formula is C23H29Cl2N3O2. The zero-order valence-corrected chi connectivity index (χ0v) is 19.0. The molecule has 0 heterocycles. The summed E-state index contributed by atoms with van der Waals surface area (Å²) >= 11 is 12.7. The first-order valence-electron chi connectivity index (χ1n) is 10.3. The molecule has 0 aliphatic rings. The second kappa shape index (κ2) is 12.5. The van der Waals surface area contributed by atoms with Crippen LogP contribution in [0.5, 0.6) is 0 Å². The highest BCUT2D eigenvalue weighted by molar-refractivity contribution is 6.39. The molecule has 2 N–H and O–H groups in total. The molecule has 2 aromatic carbocycles. The monoisotopic (exact) mass is 449 g/mol. The lowest BCUT2D eigenvalue weighted by Crippen LogP contribution is -2.24. The van der Waals surface area contributed by atoms with Crippen molar-refractivity contribution in [3.63, 3.8) is 0 Å². The molecule has 0 atom stereocenters. The third-order valence-corrected chi connectivity index (χ3v) is 5.47. The Morgan fingerprint density at radius 3 is 2.17 bits per heavy atom. The maximum absolute atomic E-state index is 12.4. The summed E-state index contributed by atoms with van der Waals surface area (Å²) in [5.74, 6) is -0.0177. The van der Waals surface area contributed by atoms with Gasteiger partial charge >= 0.3 is 0 Å². The Morgan fingerprint density at radius 1 is 0.933 bits per heavy atom. The fraction of sp³-hybridized carbons (Fsp3) is 0.391. The second-order valence-corrected chi connectivity index (χ2v) is 7.77. The molecule has 0 aliphatic carbocycles. The summed E-state index contributed by atoms with van der Waals surface area (Å²) in [4.78, 5) is 25.6. The Bertz CT molecular complexity index is 821. The Labute approximate surface area is 188 Å². The van der Waals surface area contributed by atoms with Gasteiger partial charge in [0.15, 0.2) is 0 Å². The van der Waals surface area contributed by atoms with E-state index in [-0.39, 0.29) is 11.8 Å². The minimum absolute atomic E-state index is 0.0743. The van der Waals surface area contributed by atoms with Gasteiger partial charge in [0, 0.05) is 37.8 Å².